The zero-order valence-electron chi connectivity index (χ0n) is 17.4. The zero-order chi connectivity index (χ0) is 20.9. The molecular formula is C23H27N5OS. The summed E-state index contributed by atoms with van der Waals surface area (Å²) in [6, 6.07) is 18.0. The molecule has 1 aliphatic heterocycles. The summed E-state index contributed by atoms with van der Waals surface area (Å²) in [5.41, 5.74) is 3.46. The molecule has 1 aromatic heterocycles. The van der Waals surface area contributed by atoms with Crippen LogP contribution in [0.2, 0.25) is 0 Å². The Morgan fingerprint density at radius 2 is 1.83 bits per heavy atom. The summed E-state index contributed by atoms with van der Waals surface area (Å²) in [6.45, 7) is 5.23. The third kappa shape index (κ3) is 4.75. The second-order valence-corrected chi connectivity index (χ2v) is 8.31. The molecule has 6 nitrogen and oxygen atoms in total. The van der Waals surface area contributed by atoms with Crippen molar-refractivity contribution in [2.45, 2.75) is 11.7 Å². The summed E-state index contributed by atoms with van der Waals surface area (Å²) in [5.74, 6) is -0.164. The molecule has 2 heterocycles. The van der Waals surface area contributed by atoms with Gasteiger partial charge in [0.05, 0.1) is 6.20 Å². The quantitative estimate of drug-likeness (QED) is 0.617. The number of piperazine rings is 1. The van der Waals surface area contributed by atoms with E-state index >= 15 is 0 Å². The summed E-state index contributed by atoms with van der Waals surface area (Å²) in [4.78, 5) is 22.3. The molecule has 0 bridgehead atoms. The van der Waals surface area contributed by atoms with Crippen molar-refractivity contribution in [1.29, 1.82) is 0 Å². The van der Waals surface area contributed by atoms with E-state index in [-0.39, 0.29) is 5.91 Å². The van der Waals surface area contributed by atoms with Gasteiger partial charge in [0.25, 0.3) is 5.91 Å². The number of likely N-dealkylation sites (N-methyl/N-ethyl adjacent to an activating group) is 1. The lowest BCUT2D eigenvalue weighted by Crippen LogP contribution is -2.43. The summed E-state index contributed by atoms with van der Waals surface area (Å²) in [7, 11) is 2.16. The Kier molecular flexibility index (Phi) is 6.52. The van der Waals surface area contributed by atoms with E-state index in [9.17, 15) is 4.79 Å². The summed E-state index contributed by atoms with van der Waals surface area (Å²) in [6.07, 6.45) is 3.60. The van der Waals surface area contributed by atoms with Crippen molar-refractivity contribution in [3.63, 3.8) is 0 Å². The molecular weight excluding hydrogens is 394 g/mol. The predicted molar refractivity (Wildman–Crippen MR) is 123 cm³/mol. The van der Waals surface area contributed by atoms with Crippen LogP contribution < -0.4 is 5.32 Å². The molecule has 156 valence electrons. The van der Waals surface area contributed by atoms with Crippen LogP contribution in [0.3, 0.4) is 0 Å². The standard InChI is InChI=1S/C23H27N5OS/c1-26-11-13-27(14-12-26)17-18-7-6-8-19(15-18)25-22(29)21-16-24-23(30-2)28(21)20-9-4-3-5-10-20/h3-10,15-16H,11-14,17H2,1-2H3,(H,25,29). The molecule has 1 saturated heterocycles. The minimum atomic E-state index is -0.164. The van der Waals surface area contributed by atoms with Gasteiger partial charge in [-0.25, -0.2) is 4.98 Å². The largest absolute Gasteiger partial charge is 0.321 e. The second-order valence-electron chi connectivity index (χ2n) is 7.54. The van der Waals surface area contributed by atoms with Crippen molar-refractivity contribution < 1.29 is 4.79 Å². The summed E-state index contributed by atoms with van der Waals surface area (Å²) < 4.78 is 1.90. The van der Waals surface area contributed by atoms with Gasteiger partial charge in [-0.1, -0.05) is 42.1 Å². The normalized spacial score (nSPS) is 15.3. The number of benzene rings is 2. The SMILES string of the molecule is CSc1ncc(C(=O)Nc2cccc(CN3CCN(C)CC3)c2)n1-c1ccccc1. The Morgan fingerprint density at radius 1 is 1.07 bits per heavy atom. The number of amides is 1. The van der Waals surface area contributed by atoms with Crippen LogP contribution in [0.4, 0.5) is 5.69 Å². The van der Waals surface area contributed by atoms with Gasteiger partial charge in [0.15, 0.2) is 5.16 Å². The molecule has 0 radical (unpaired) electrons. The smallest absolute Gasteiger partial charge is 0.274 e. The number of carbonyl (C=O) groups excluding carboxylic acids is 1. The highest BCUT2D eigenvalue weighted by atomic mass is 32.2. The van der Waals surface area contributed by atoms with Crippen LogP contribution in [-0.4, -0.2) is 64.7 Å². The van der Waals surface area contributed by atoms with Gasteiger partial charge in [0.1, 0.15) is 5.69 Å². The summed E-state index contributed by atoms with van der Waals surface area (Å²) in [5, 5.41) is 3.84. The molecule has 0 aliphatic carbocycles. The van der Waals surface area contributed by atoms with Crippen LogP contribution in [0.25, 0.3) is 5.69 Å². The first-order valence-electron chi connectivity index (χ1n) is 10.1. The Morgan fingerprint density at radius 3 is 2.57 bits per heavy atom. The molecule has 3 aromatic rings. The molecule has 30 heavy (non-hydrogen) atoms. The molecule has 1 fully saturated rings. The minimum Gasteiger partial charge on any atom is -0.321 e. The molecule has 1 aliphatic rings. The lowest BCUT2D eigenvalue weighted by Gasteiger charge is -2.32. The van der Waals surface area contributed by atoms with Gasteiger partial charge in [-0.05, 0) is 43.1 Å². The molecule has 1 N–H and O–H groups in total. The van der Waals surface area contributed by atoms with E-state index in [0.717, 1.165) is 49.3 Å². The zero-order valence-corrected chi connectivity index (χ0v) is 18.2. The molecule has 0 atom stereocenters. The maximum Gasteiger partial charge on any atom is 0.274 e. The third-order valence-electron chi connectivity index (χ3n) is 5.35. The number of hydrogen-bond donors (Lipinski definition) is 1. The number of para-hydroxylation sites is 1. The number of imidazole rings is 1. The number of aromatic nitrogens is 2. The van der Waals surface area contributed by atoms with Crippen molar-refractivity contribution in [2.24, 2.45) is 0 Å². The first kappa shape index (κ1) is 20.7. The number of anilines is 1. The van der Waals surface area contributed by atoms with E-state index in [1.165, 1.54) is 17.3 Å². The third-order valence-corrected chi connectivity index (χ3v) is 6.00. The Balaban J connectivity index is 1.50. The molecule has 7 heteroatoms. The van der Waals surface area contributed by atoms with Crippen molar-refractivity contribution in [1.82, 2.24) is 19.4 Å². The average molecular weight is 422 g/mol. The molecule has 0 unspecified atom stereocenters. The average Bonchev–Trinajstić information content (AvgIpc) is 3.21. The molecule has 1 amide bonds. The number of nitrogens with one attached hydrogen (secondary N) is 1. The van der Waals surface area contributed by atoms with E-state index in [2.05, 4.69) is 39.3 Å². The van der Waals surface area contributed by atoms with E-state index in [0.29, 0.717) is 5.69 Å². The van der Waals surface area contributed by atoms with E-state index in [1.807, 2.05) is 53.3 Å². The van der Waals surface area contributed by atoms with Crippen molar-refractivity contribution in [3.8, 4) is 5.69 Å². The highest BCUT2D eigenvalue weighted by Crippen LogP contribution is 2.23. The molecule has 0 spiro atoms. The first-order valence-corrected chi connectivity index (χ1v) is 11.3. The Hall–Kier alpha value is -2.61. The summed E-state index contributed by atoms with van der Waals surface area (Å²) >= 11 is 1.52. The maximum absolute atomic E-state index is 13.1. The number of thioether (sulfide) groups is 1. The molecule has 2 aromatic carbocycles. The predicted octanol–water partition coefficient (Wildman–Crippen LogP) is 3.59. The van der Waals surface area contributed by atoms with Gasteiger partial charge in [-0.2, -0.15) is 0 Å². The van der Waals surface area contributed by atoms with Crippen LogP contribution in [0.5, 0.6) is 0 Å². The Labute approximate surface area is 181 Å². The van der Waals surface area contributed by atoms with Gasteiger partial charge in [-0.15, -0.1) is 0 Å². The van der Waals surface area contributed by atoms with Crippen molar-refractivity contribution in [2.75, 3.05) is 44.8 Å². The highest BCUT2D eigenvalue weighted by Gasteiger charge is 2.18. The van der Waals surface area contributed by atoms with Crippen LogP contribution in [0, 0.1) is 0 Å². The fourth-order valence-corrected chi connectivity index (χ4v) is 4.22. The number of rotatable bonds is 6. The van der Waals surface area contributed by atoms with Crippen molar-refractivity contribution >= 4 is 23.4 Å². The van der Waals surface area contributed by atoms with E-state index in [4.69, 9.17) is 0 Å². The van der Waals surface area contributed by atoms with Gasteiger partial charge in [-0.3, -0.25) is 14.3 Å². The Bertz CT molecular complexity index is 996. The molecule has 0 saturated carbocycles. The van der Waals surface area contributed by atoms with Gasteiger partial charge >= 0.3 is 0 Å². The number of hydrogen-bond acceptors (Lipinski definition) is 5. The van der Waals surface area contributed by atoms with Crippen LogP contribution in [-0.2, 0) is 6.54 Å². The number of nitrogens with zero attached hydrogens (tertiary/aromatic N) is 4. The maximum atomic E-state index is 13.1. The van der Waals surface area contributed by atoms with Crippen LogP contribution in [0.1, 0.15) is 16.1 Å². The number of carbonyl (C=O) groups is 1. The monoisotopic (exact) mass is 421 g/mol. The molecule has 4 rings (SSSR count). The van der Waals surface area contributed by atoms with Gasteiger partial charge in [0, 0.05) is 44.1 Å². The minimum absolute atomic E-state index is 0.164. The fourth-order valence-electron chi connectivity index (χ4n) is 3.67. The van der Waals surface area contributed by atoms with Gasteiger partial charge < -0.3 is 10.2 Å². The lowest BCUT2D eigenvalue weighted by atomic mass is 10.1. The second kappa shape index (κ2) is 9.47. The van der Waals surface area contributed by atoms with E-state index in [1.54, 1.807) is 6.20 Å². The fraction of sp³-hybridized carbons (Fsp3) is 0.304. The van der Waals surface area contributed by atoms with Gasteiger partial charge in [0.2, 0.25) is 0 Å². The van der Waals surface area contributed by atoms with E-state index < -0.39 is 0 Å². The topological polar surface area (TPSA) is 53.4 Å². The first-order chi connectivity index (χ1) is 14.6. The van der Waals surface area contributed by atoms with Crippen molar-refractivity contribution in [3.05, 3.63) is 72.1 Å². The lowest BCUT2D eigenvalue weighted by molar-refractivity contribution is 0.102. The van der Waals surface area contributed by atoms with Crippen LogP contribution in [0.15, 0.2) is 66.0 Å². The van der Waals surface area contributed by atoms with Crippen LogP contribution >= 0.6 is 11.8 Å². The highest BCUT2D eigenvalue weighted by molar-refractivity contribution is 7.98.